The van der Waals surface area contributed by atoms with Crippen LogP contribution < -0.4 is 16.4 Å². The number of carbonyl (C=O) groups excluding carboxylic acids is 3. The summed E-state index contributed by atoms with van der Waals surface area (Å²) in [7, 11) is 0. The van der Waals surface area contributed by atoms with E-state index in [2.05, 4.69) is 10.6 Å². The van der Waals surface area contributed by atoms with Crippen LogP contribution in [0.3, 0.4) is 0 Å². The average Bonchev–Trinajstić information content (AvgIpc) is 2.54. The molecule has 0 radical (unpaired) electrons. The molecule has 0 bridgehead atoms. The molecule has 0 aliphatic carbocycles. The van der Waals surface area contributed by atoms with Crippen LogP contribution in [0.5, 0.6) is 0 Å². The monoisotopic (exact) mass is 233 g/mol. The first-order valence-electron chi connectivity index (χ1n) is 4.97. The van der Waals surface area contributed by atoms with Gasteiger partial charge in [-0.3, -0.25) is 14.9 Å². The lowest BCUT2D eigenvalue weighted by atomic mass is 9.91. The van der Waals surface area contributed by atoms with Gasteiger partial charge in [0.05, 0.1) is 0 Å². The molecule has 1 aromatic rings. The van der Waals surface area contributed by atoms with Crippen LogP contribution in [0.1, 0.15) is 22.8 Å². The smallest absolute Gasteiger partial charge is 0.322 e. The summed E-state index contributed by atoms with van der Waals surface area (Å²) in [5, 5.41) is 4.69. The Kier molecular flexibility index (Phi) is 2.35. The largest absolute Gasteiger partial charge is 0.366 e. The highest BCUT2D eigenvalue weighted by molar-refractivity contribution is 6.07. The van der Waals surface area contributed by atoms with Gasteiger partial charge in [0, 0.05) is 5.56 Å². The Bertz CT molecular complexity index is 509. The van der Waals surface area contributed by atoms with Crippen LogP contribution in [0.4, 0.5) is 4.79 Å². The number of amides is 4. The van der Waals surface area contributed by atoms with Crippen LogP contribution in [0.2, 0.25) is 0 Å². The van der Waals surface area contributed by atoms with Crippen molar-refractivity contribution in [1.29, 1.82) is 0 Å². The number of carbonyl (C=O) groups is 3. The van der Waals surface area contributed by atoms with Gasteiger partial charge in [-0.2, -0.15) is 0 Å². The number of hydrogen-bond donors (Lipinski definition) is 3. The van der Waals surface area contributed by atoms with E-state index in [9.17, 15) is 14.4 Å². The molecular weight excluding hydrogens is 222 g/mol. The number of benzene rings is 1. The highest BCUT2D eigenvalue weighted by Crippen LogP contribution is 2.24. The molecule has 1 aliphatic rings. The minimum atomic E-state index is -1.10. The Morgan fingerprint density at radius 3 is 2.24 bits per heavy atom. The standard InChI is InChI=1S/C11H11N3O3/c1-11(9(16)13-10(17)14-11)7-4-2-6(3-5-7)8(12)15/h2-5H,1H3,(H2,12,15)(H2,13,14,16,17). The Hall–Kier alpha value is -2.37. The first-order chi connectivity index (χ1) is 7.93. The number of nitrogens with two attached hydrogens (primary N) is 1. The van der Waals surface area contributed by atoms with E-state index in [1.54, 1.807) is 19.1 Å². The summed E-state index contributed by atoms with van der Waals surface area (Å²) in [4.78, 5) is 33.6. The van der Waals surface area contributed by atoms with Crippen LogP contribution in [0, 0.1) is 0 Å². The second-order valence-corrected chi connectivity index (χ2v) is 3.97. The Morgan fingerprint density at radius 2 is 1.82 bits per heavy atom. The first-order valence-corrected chi connectivity index (χ1v) is 4.97. The Morgan fingerprint density at radius 1 is 1.24 bits per heavy atom. The van der Waals surface area contributed by atoms with Gasteiger partial charge in [0.2, 0.25) is 5.91 Å². The zero-order valence-corrected chi connectivity index (χ0v) is 9.11. The minimum Gasteiger partial charge on any atom is -0.366 e. The van der Waals surface area contributed by atoms with Crippen LogP contribution in [0.25, 0.3) is 0 Å². The summed E-state index contributed by atoms with van der Waals surface area (Å²) in [5.41, 5.74) is 4.95. The summed E-state index contributed by atoms with van der Waals surface area (Å²) in [6.45, 7) is 1.59. The van der Waals surface area contributed by atoms with Crippen LogP contribution in [-0.4, -0.2) is 17.8 Å². The highest BCUT2D eigenvalue weighted by atomic mass is 16.2. The summed E-state index contributed by atoms with van der Waals surface area (Å²) >= 11 is 0. The van der Waals surface area contributed by atoms with Gasteiger partial charge >= 0.3 is 6.03 Å². The molecule has 4 amide bonds. The predicted molar refractivity (Wildman–Crippen MR) is 59.0 cm³/mol. The predicted octanol–water partition coefficient (Wildman–Crippen LogP) is -0.160. The van der Waals surface area contributed by atoms with E-state index in [0.29, 0.717) is 11.1 Å². The van der Waals surface area contributed by atoms with Gasteiger partial charge in [0.25, 0.3) is 5.91 Å². The van der Waals surface area contributed by atoms with E-state index in [-0.39, 0.29) is 0 Å². The fourth-order valence-electron chi connectivity index (χ4n) is 1.71. The molecule has 1 fully saturated rings. The van der Waals surface area contributed by atoms with Crippen molar-refractivity contribution in [2.75, 3.05) is 0 Å². The SMILES string of the molecule is CC1(c2ccc(C(N)=O)cc2)NC(=O)NC1=O. The lowest BCUT2D eigenvalue weighted by molar-refractivity contribution is -0.123. The normalized spacial score (nSPS) is 23.1. The van der Waals surface area contributed by atoms with E-state index >= 15 is 0 Å². The van der Waals surface area contributed by atoms with Gasteiger partial charge in [-0.25, -0.2) is 4.79 Å². The molecule has 1 unspecified atom stereocenters. The van der Waals surface area contributed by atoms with Gasteiger partial charge in [-0.15, -0.1) is 0 Å². The van der Waals surface area contributed by atoms with Crippen molar-refractivity contribution in [3.05, 3.63) is 35.4 Å². The molecule has 88 valence electrons. The molecule has 1 saturated heterocycles. The van der Waals surface area contributed by atoms with Crippen molar-refractivity contribution in [2.24, 2.45) is 5.73 Å². The second kappa shape index (κ2) is 3.58. The molecule has 4 N–H and O–H groups in total. The van der Waals surface area contributed by atoms with Crippen molar-refractivity contribution in [2.45, 2.75) is 12.5 Å². The summed E-state index contributed by atoms with van der Waals surface area (Å²) in [6.07, 6.45) is 0. The molecule has 0 saturated carbocycles. The topological polar surface area (TPSA) is 101 Å². The molecule has 1 heterocycles. The van der Waals surface area contributed by atoms with Gasteiger partial charge in [0.1, 0.15) is 5.54 Å². The molecule has 1 atom stereocenters. The lowest BCUT2D eigenvalue weighted by Crippen LogP contribution is -2.40. The van der Waals surface area contributed by atoms with Gasteiger partial charge in [-0.05, 0) is 24.6 Å². The van der Waals surface area contributed by atoms with Gasteiger partial charge < -0.3 is 11.1 Å². The molecule has 17 heavy (non-hydrogen) atoms. The van der Waals surface area contributed by atoms with E-state index < -0.39 is 23.4 Å². The maximum absolute atomic E-state index is 11.6. The third kappa shape index (κ3) is 1.73. The third-order valence-electron chi connectivity index (χ3n) is 2.79. The zero-order chi connectivity index (χ0) is 12.6. The summed E-state index contributed by atoms with van der Waals surface area (Å²) < 4.78 is 0. The van der Waals surface area contributed by atoms with Gasteiger partial charge in [0.15, 0.2) is 0 Å². The van der Waals surface area contributed by atoms with Crippen molar-refractivity contribution >= 4 is 17.8 Å². The summed E-state index contributed by atoms with van der Waals surface area (Å²) in [5.74, 6) is -0.962. The van der Waals surface area contributed by atoms with Crippen LogP contribution in [-0.2, 0) is 10.3 Å². The zero-order valence-electron chi connectivity index (χ0n) is 9.11. The maximum atomic E-state index is 11.6. The first kappa shape index (κ1) is 11.1. The van der Waals surface area contributed by atoms with Crippen molar-refractivity contribution in [1.82, 2.24) is 10.6 Å². The Labute approximate surface area is 97.2 Å². The molecule has 0 spiro atoms. The minimum absolute atomic E-state index is 0.349. The molecular formula is C11H11N3O3. The number of imide groups is 1. The third-order valence-corrected chi connectivity index (χ3v) is 2.79. The number of hydrogen-bond acceptors (Lipinski definition) is 3. The molecule has 0 aromatic heterocycles. The highest BCUT2D eigenvalue weighted by Gasteiger charge is 2.43. The summed E-state index contributed by atoms with van der Waals surface area (Å²) in [6, 6.07) is 5.68. The van der Waals surface area contributed by atoms with E-state index in [0.717, 1.165) is 0 Å². The number of rotatable bonds is 2. The van der Waals surface area contributed by atoms with Gasteiger partial charge in [-0.1, -0.05) is 12.1 Å². The van der Waals surface area contributed by atoms with Crippen molar-refractivity contribution < 1.29 is 14.4 Å². The van der Waals surface area contributed by atoms with E-state index in [1.807, 2.05) is 0 Å². The second-order valence-electron chi connectivity index (χ2n) is 3.97. The van der Waals surface area contributed by atoms with Crippen LogP contribution in [0.15, 0.2) is 24.3 Å². The number of primary amides is 1. The molecule has 2 rings (SSSR count). The fourth-order valence-corrected chi connectivity index (χ4v) is 1.71. The molecule has 1 aliphatic heterocycles. The van der Waals surface area contributed by atoms with Crippen molar-refractivity contribution in [3.8, 4) is 0 Å². The fraction of sp³-hybridized carbons (Fsp3) is 0.182. The quantitative estimate of drug-likeness (QED) is 0.618. The van der Waals surface area contributed by atoms with Crippen molar-refractivity contribution in [3.63, 3.8) is 0 Å². The Balaban J connectivity index is 2.37. The molecule has 1 aromatic carbocycles. The average molecular weight is 233 g/mol. The van der Waals surface area contributed by atoms with E-state index in [1.165, 1.54) is 12.1 Å². The number of nitrogens with one attached hydrogen (secondary N) is 2. The molecule has 6 heteroatoms. The number of urea groups is 1. The molecule has 6 nitrogen and oxygen atoms in total. The van der Waals surface area contributed by atoms with E-state index in [4.69, 9.17) is 5.73 Å². The van der Waals surface area contributed by atoms with Crippen LogP contribution >= 0.6 is 0 Å². The maximum Gasteiger partial charge on any atom is 0.322 e. The lowest BCUT2D eigenvalue weighted by Gasteiger charge is -2.20.